The minimum atomic E-state index is -0.111. The smallest absolute Gasteiger partial charge is 0.241 e. The Kier molecular flexibility index (Phi) is 6.42. The number of hydrogen-bond acceptors (Lipinski definition) is 3. The molecule has 1 aliphatic rings. The van der Waals surface area contributed by atoms with E-state index in [-0.39, 0.29) is 11.9 Å². The van der Waals surface area contributed by atoms with Gasteiger partial charge in [-0.1, -0.05) is 49.4 Å². The second-order valence-corrected chi connectivity index (χ2v) is 7.01. The number of nitrogens with zero attached hydrogens (tertiary/aromatic N) is 2. The van der Waals surface area contributed by atoms with E-state index in [2.05, 4.69) is 64.5 Å². The predicted octanol–water partition coefficient (Wildman–Crippen LogP) is 3.39. The first kappa shape index (κ1) is 18.6. The summed E-state index contributed by atoms with van der Waals surface area (Å²) in [6, 6.07) is 18.6. The van der Waals surface area contributed by atoms with Gasteiger partial charge in [0.05, 0.1) is 6.04 Å². The molecule has 1 N–H and O–H groups in total. The molecule has 4 nitrogen and oxygen atoms in total. The monoisotopic (exact) mass is 351 g/mol. The Morgan fingerprint density at radius 1 is 0.962 bits per heavy atom. The fourth-order valence-corrected chi connectivity index (χ4v) is 3.39. The number of nitrogens with one attached hydrogen (secondary N) is 1. The van der Waals surface area contributed by atoms with Gasteiger partial charge in [0.1, 0.15) is 0 Å². The summed E-state index contributed by atoms with van der Waals surface area (Å²) in [5.41, 5.74) is 3.51. The molecule has 138 valence electrons. The van der Waals surface area contributed by atoms with Crippen LogP contribution in [0.15, 0.2) is 54.6 Å². The van der Waals surface area contributed by atoms with Crippen LogP contribution < -0.4 is 5.32 Å². The molecule has 1 atom stereocenters. The molecule has 26 heavy (non-hydrogen) atoms. The number of carbonyl (C=O) groups excluding carboxylic acids is 1. The third-order valence-electron chi connectivity index (χ3n) is 5.21. The minimum absolute atomic E-state index is 0.0748. The third-order valence-corrected chi connectivity index (χ3v) is 5.21. The molecule has 0 saturated carbocycles. The van der Waals surface area contributed by atoms with E-state index in [1.54, 1.807) is 0 Å². The van der Waals surface area contributed by atoms with Gasteiger partial charge < -0.3 is 5.32 Å². The largest absolute Gasteiger partial charge is 0.325 e. The van der Waals surface area contributed by atoms with Crippen molar-refractivity contribution < 1.29 is 4.79 Å². The molecule has 1 unspecified atom stereocenters. The number of piperazine rings is 1. The summed E-state index contributed by atoms with van der Waals surface area (Å²) in [6.45, 7) is 8.97. The van der Waals surface area contributed by atoms with Crippen LogP contribution in [0, 0.1) is 0 Å². The fraction of sp³-hybridized carbons (Fsp3) is 0.409. The molecule has 2 aromatic carbocycles. The van der Waals surface area contributed by atoms with Crippen molar-refractivity contribution in [1.29, 1.82) is 0 Å². The van der Waals surface area contributed by atoms with E-state index in [0.717, 1.165) is 44.8 Å². The van der Waals surface area contributed by atoms with E-state index in [1.807, 2.05) is 19.1 Å². The lowest BCUT2D eigenvalue weighted by atomic mass is 10.1. The van der Waals surface area contributed by atoms with Gasteiger partial charge in [-0.05, 0) is 36.6 Å². The molecule has 1 fully saturated rings. The van der Waals surface area contributed by atoms with E-state index in [4.69, 9.17) is 0 Å². The van der Waals surface area contributed by atoms with Crippen LogP contribution in [-0.4, -0.2) is 47.9 Å². The van der Waals surface area contributed by atoms with Gasteiger partial charge in [-0.25, -0.2) is 0 Å². The van der Waals surface area contributed by atoms with E-state index in [0.29, 0.717) is 0 Å². The molecule has 2 aromatic rings. The number of amides is 1. The standard InChI is InChI=1S/C22H29N3O/c1-3-19-9-11-21(12-10-19)23-22(26)18(2)25-15-13-24(14-16-25)17-20-7-5-4-6-8-20/h4-12,18H,3,13-17H2,1-2H3,(H,23,26). The van der Waals surface area contributed by atoms with Gasteiger partial charge in [0.25, 0.3) is 0 Å². The summed E-state index contributed by atoms with van der Waals surface area (Å²) in [5, 5.41) is 3.05. The van der Waals surface area contributed by atoms with Crippen molar-refractivity contribution in [3.8, 4) is 0 Å². The molecule has 0 bridgehead atoms. The molecule has 1 aliphatic heterocycles. The molecule has 1 amide bonds. The highest BCUT2D eigenvalue weighted by molar-refractivity contribution is 5.94. The van der Waals surface area contributed by atoms with Gasteiger partial charge in [-0.2, -0.15) is 0 Å². The van der Waals surface area contributed by atoms with Crippen molar-refractivity contribution in [2.75, 3.05) is 31.5 Å². The number of anilines is 1. The zero-order valence-corrected chi connectivity index (χ0v) is 15.8. The first-order valence-corrected chi connectivity index (χ1v) is 9.56. The lowest BCUT2D eigenvalue weighted by Crippen LogP contribution is -2.52. The van der Waals surface area contributed by atoms with Crippen molar-refractivity contribution in [1.82, 2.24) is 9.80 Å². The summed E-state index contributed by atoms with van der Waals surface area (Å²) in [7, 11) is 0. The van der Waals surface area contributed by atoms with Crippen molar-refractivity contribution in [2.24, 2.45) is 0 Å². The van der Waals surface area contributed by atoms with Crippen LogP contribution in [0.5, 0.6) is 0 Å². The predicted molar refractivity (Wildman–Crippen MR) is 107 cm³/mol. The Hall–Kier alpha value is -2.17. The highest BCUT2D eigenvalue weighted by atomic mass is 16.2. The first-order valence-electron chi connectivity index (χ1n) is 9.56. The van der Waals surface area contributed by atoms with Crippen LogP contribution in [0.4, 0.5) is 5.69 Å². The lowest BCUT2D eigenvalue weighted by Gasteiger charge is -2.37. The number of carbonyl (C=O) groups is 1. The van der Waals surface area contributed by atoms with Crippen molar-refractivity contribution in [2.45, 2.75) is 32.9 Å². The van der Waals surface area contributed by atoms with Gasteiger partial charge in [-0.15, -0.1) is 0 Å². The summed E-state index contributed by atoms with van der Waals surface area (Å²) in [6.07, 6.45) is 1.01. The topological polar surface area (TPSA) is 35.6 Å². The average Bonchev–Trinajstić information content (AvgIpc) is 2.69. The van der Waals surface area contributed by atoms with E-state index >= 15 is 0 Å². The normalized spacial score (nSPS) is 17.0. The maximum absolute atomic E-state index is 12.6. The summed E-state index contributed by atoms with van der Waals surface area (Å²) < 4.78 is 0. The molecule has 0 aliphatic carbocycles. The summed E-state index contributed by atoms with van der Waals surface area (Å²) >= 11 is 0. The molecule has 0 aromatic heterocycles. The number of benzene rings is 2. The van der Waals surface area contributed by atoms with Gasteiger partial charge >= 0.3 is 0 Å². The zero-order chi connectivity index (χ0) is 18.4. The summed E-state index contributed by atoms with van der Waals surface area (Å²) in [4.78, 5) is 17.3. The molecule has 3 rings (SSSR count). The van der Waals surface area contributed by atoms with Crippen LogP contribution in [-0.2, 0) is 17.8 Å². The van der Waals surface area contributed by atoms with E-state index < -0.39 is 0 Å². The quantitative estimate of drug-likeness (QED) is 0.866. The van der Waals surface area contributed by atoms with E-state index in [9.17, 15) is 4.79 Å². The molecular weight excluding hydrogens is 322 g/mol. The van der Waals surface area contributed by atoms with Crippen molar-refractivity contribution in [3.05, 3.63) is 65.7 Å². The number of rotatable bonds is 6. The number of hydrogen-bond donors (Lipinski definition) is 1. The van der Waals surface area contributed by atoms with Crippen LogP contribution in [0.25, 0.3) is 0 Å². The average molecular weight is 351 g/mol. The maximum Gasteiger partial charge on any atom is 0.241 e. The van der Waals surface area contributed by atoms with Gasteiger partial charge in [0.15, 0.2) is 0 Å². The molecule has 0 radical (unpaired) electrons. The molecule has 1 saturated heterocycles. The van der Waals surface area contributed by atoms with Crippen LogP contribution in [0.3, 0.4) is 0 Å². The maximum atomic E-state index is 12.6. The Bertz CT molecular complexity index is 691. The third kappa shape index (κ3) is 4.93. The molecule has 1 heterocycles. The van der Waals surface area contributed by atoms with Gasteiger partial charge in [-0.3, -0.25) is 14.6 Å². The van der Waals surface area contributed by atoms with E-state index in [1.165, 1.54) is 11.1 Å². The second-order valence-electron chi connectivity index (χ2n) is 7.01. The van der Waals surface area contributed by atoms with Crippen LogP contribution >= 0.6 is 0 Å². The molecule has 0 spiro atoms. The Morgan fingerprint density at radius 2 is 1.62 bits per heavy atom. The van der Waals surface area contributed by atoms with Crippen LogP contribution in [0.1, 0.15) is 25.0 Å². The lowest BCUT2D eigenvalue weighted by molar-refractivity contribution is -0.121. The second kappa shape index (κ2) is 8.97. The van der Waals surface area contributed by atoms with Crippen molar-refractivity contribution >= 4 is 11.6 Å². The van der Waals surface area contributed by atoms with Gasteiger partial charge in [0.2, 0.25) is 5.91 Å². The molecular formula is C22H29N3O. The Balaban J connectivity index is 1.47. The first-order chi connectivity index (χ1) is 12.7. The highest BCUT2D eigenvalue weighted by Gasteiger charge is 2.25. The highest BCUT2D eigenvalue weighted by Crippen LogP contribution is 2.14. The minimum Gasteiger partial charge on any atom is -0.325 e. The van der Waals surface area contributed by atoms with Crippen molar-refractivity contribution in [3.63, 3.8) is 0 Å². The molecule has 4 heteroatoms. The fourth-order valence-electron chi connectivity index (χ4n) is 3.39. The SMILES string of the molecule is CCc1ccc(NC(=O)C(C)N2CCN(Cc3ccccc3)CC2)cc1. The van der Waals surface area contributed by atoms with Crippen LogP contribution in [0.2, 0.25) is 0 Å². The Morgan fingerprint density at radius 3 is 2.23 bits per heavy atom. The zero-order valence-electron chi connectivity index (χ0n) is 15.8. The van der Waals surface area contributed by atoms with Gasteiger partial charge in [0, 0.05) is 38.4 Å². The number of aryl methyl sites for hydroxylation is 1. The summed E-state index contributed by atoms with van der Waals surface area (Å²) in [5.74, 6) is 0.0748. The Labute approximate surface area is 156 Å².